The Labute approximate surface area is 225 Å². The highest BCUT2D eigenvalue weighted by atomic mass is 28.4. The summed E-state index contributed by atoms with van der Waals surface area (Å²) in [5.41, 5.74) is 1.41. The maximum absolute atomic E-state index is 11.9. The second-order valence-electron chi connectivity index (χ2n) is 11.2. The van der Waals surface area contributed by atoms with Crippen LogP contribution in [0.5, 0.6) is 0 Å². The van der Waals surface area contributed by atoms with Crippen molar-refractivity contribution in [3.8, 4) is 0 Å². The summed E-state index contributed by atoms with van der Waals surface area (Å²) >= 11 is 0. The number of hydrogen-bond acceptors (Lipinski definition) is 7. The van der Waals surface area contributed by atoms with Gasteiger partial charge in [0.05, 0.1) is 37.6 Å². The van der Waals surface area contributed by atoms with Crippen LogP contribution in [0, 0.1) is 6.92 Å². The molecule has 1 amide bonds. The predicted molar refractivity (Wildman–Crippen MR) is 154 cm³/mol. The van der Waals surface area contributed by atoms with Crippen molar-refractivity contribution in [2.24, 2.45) is 0 Å². The minimum Gasteiger partial charge on any atom is -0.405 e. The largest absolute Gasteiger partial charge is 0.405 e. The lowest BCUT2D eigenvalue weighted by atomic mass is 10.2. The van der Waals surface area contributed by atoms with Crippen molar-refractivity contribution in [2.45, 2.75) is 51.3 Å². The molecule has 0 radical (unpaired) electrons. The zero-order valence-corrected chi connectivity index (χ0v) is 23.8. The third kappa shape index (κ3) is 5.06. The Hall–Kier alpha value is -3.27. The maximum Gasteiger partial charge on any atom is 0.261 e. The van der Waals surface area contributed by atoms with Gasteiger partial charge >= 0.3 is 0 Å². The van der Waals surface area contributed by atoms with Crippen molar-refractivity contribution in [3.63, 3.8) is 0 Å². The van der Waals surface area contributed by atoms with Gasteiger partial charge in [0.25, 0.3) is 8.32 Å². The lowest BCUT2D eigenvalue weighted by Crippen LogP contribution is -2.67. The molecule has 1 aromatic heterocycles. The number of amides is 1. The first-order valence-corrected chi connectivity index (χ1v) is 15.1. The summed E-state index contributed by atoms with van der Waals surface area (Å²) in [6.45, 7) is 10.1. The van der Waals surface area contributed by atoms with Gasteiger partial charge in [0.1, 0.15) is 5.69 Å². The van der Waals surface area contributed by atoms with E-state index in [-0.39, 0.29) is 29.6 Å². The summed E-state index contributed by atoms with van der Waals surface area (Å²) in [5, 5.41) is 8.79. The van der Waals surface area contributed by atoms with Gasteiger partial charge < -0.3 is 24.7 Å². The predicted octanol–water partition coefficient (Wildman–Crippen LogP) is 3.32. The molecule has 8 nitrogen and oxygen atoms in total. The Kier molecular flexibility index (Phi) is 7.26. The van der Waals surface area contributed by atoms with Crippen LogP contribution < -0.4 is 25.9 Å². The Morgan fingerprint density at radius 3 is 2.32 bits per heavy atom. The van der Waals surface area contributed by atoms with Crippen LogP contribution in [0.15, 0.2) is 60.7 Å². The zero-order valence-electron chi connectivity index (χ0n) is 22.8. The molecule has 2 N–H and O–H groups in total. The summed E-state index contributed by atoms with van der Waals surface area (Å²) in [7, 11) is -0.750. The third-order valence-corrected chi connectivity index (χ3v) is 12.4. The Bertz CT molecular complexity index is 1240. The van der Waals surface area contributed by atoms with Crippen LogP contribution in [-0.2, 0) is 14.0 Å². The van der Waals surface area contributed by atoms with Crippen molar-refractivity contribution in [3.05, 3.63) is 66.4 Å². The van der Waals surface area contributed by atoms with E-state index in [2.05, 4.69) is 102 Å². The molecular weight excluding hydrogens is 494 g/mol. The molecule has 9 heteroatoms. The summed E-state index contributed by atoms with van der Waals surface area (Å²) in [6, 6.07) is 21.4. The Balaban J connectivity index is 1.32. The molecule has 3 aromatic rings. The van der Waals surface area contributed by atoms with E-state index in [1.54, 1.807) is 0 Å². The van der Waals surface area contributed by atoms with Gasteiger partial charge in [0, 0.05) is 7.05 Å². The third-order valence-electron chi connectivity index (χ3n) is 7.39. The molecule has 200 valence electrons. The number of ether oxygens (including phenoxy) is 1. The van der Waals surface area contributed by atoms with E-state index >= 15 is 0 Å². The molecular formula is C29H37N5O3Si. The SMILES string of the molecule is Cc1nc(N[C@@H]2CO[C@H](CO[Si](c3ccccc3)(c3ccccc3)C(C)(C)C)C2)nc2c1NC(=O)CN2C. The summed E-state index contributed by atoms with van der Waals surface area (Å²) in [5.74, 6) is 1.22. The normalized spacial score (nSPS) is 19.7. The van der Waals surface area contributed by atoms with Gasteiger partial charge in [0.15, 0.2) is 5.82 Å². The quantitative estimate of drug-likeness (QED) is 0.452. The van der Waals surface area contributed by atoms with Crippen LogP contribution in [0.1, 0.15) is 32.9 Å². The molecule has 2 aliphatic heterocycles. The second kappa shape index (κ2) is 10.5. The summed E-state index contributed by atoms with van der Waals surface area (Å²) in [4.78, 5) is 23.0. The molecule has 5 rings (SSSR count). The minimum atomic E-state index is -2.62. The highest BCUT2D eigenvalue weighted by molar-refractivity contribution is 6.99. The van der Waals surface area contributed by atoms with Gasteiger partial charge in [-0.15, -0.1) is 0 Å². The smallest absolute Gasteiger partial charge is 0.261 e. The molecule has 3 heterocycles. The van der Waals surface area contributed by atoms with Crippen LogP contribution in [0.25, 0.3) is 0 Å². The molecule has 0 bridgehead atoms. The van der Waals surface area contributed by atoms with Crippen molar-refractivity contribution < 1.29 is 14.0 Å². The molecule has 1 saturated heterocycles. The van der Waals surface area contributed by atoms with E-state index in [9.17, 15) is 4.79 Å². The topological polar surface area (TPSA) is 88.6 Å². The van der Waals surface area contributed by atoms with Crippen molar-refractivity contribution in [1.82, 2.24) is 9.97 Å². The first-order chi connectivity index (χ1) is 18.2. The zero-order chi connectivity index (χ0) is 26.9. The summed E-state index contributed by atoms with van der Waals surface area (Å²) in [6.07, 6.45) is 0.763. The number of fused-ring (bicyclic) bond motifs is 1. The van der Waals surface area contributed by atoms with E-state index in [0.717, 1.165) is 17.9 Å². The number of rotatable bonds is 7. The monoisotopic (exact) mass is 531 g/mol. The van der Waals surface area contributed by atoms with E-state index in [0.29, 0.717) is 24.8 Å². The maximum atomic E-state index is 11.9. The number of anilines is 3. The number of nitrogens with zero attached hydrogens (tertiary/aromatic N) is 3. The van der Waals surface area contributed by atoms with Crippen molar-refractivity contribution in [2.75, 3.05) is 42.3 Å². The number of benzene rings is 2. The number of carbonyl (C=O) groups is 1. The molecule has 2 aliphatic rings. The van der Waals surface area contributed by atoms with E-state index in [4.69, 9.17) is 9.16 Å². The van der Waals surface area contributed by atoms with Crippen LogP contribution in [0.3, 0.4) is 0 Å². The Morgan fingerprint density at radius 1 is 1.08 bits per heavy atom. The molecule has 38 heavy (non-hydrogen) atoms. The van der Waals surface area contributed by atoms with Crippen LogP contribution in [0.2, 0.25) is 5.04 Å². The van der Waals surface area contributed by atoms with Gasteiger partial charge in [-0.05, 0) is 28.8 Å². The first kappa shape index (κ1) is 26.3. The van der Waals surface area contributed by atoms with E-state index in [1.807, 2.05) is 18.9 Å². The van der Waals surface area contributed by atoms with E-state index in [1.165, 1.54) is 10.4 Å². The van der Waals surface area contributed by atoms with Gasteiger partial charge in [-0.2, -0.15) is 4.98 Å². The fourth-order valence-corrected chi connectivity index (χ4v) is 10.2. The van der Waals surface area contributed by atoms with E-state index < -0.39 is 8.32 Å². The van der Waals surface area contributed by atoms with Gasteiger partial charge in [-0.3, -0.25) is 4.79 Å². The van der Waals surface area contributed by atoms with Crippen LogP contribution >= 0.6 is 0 Å². The number of carbonyl (C=O) groups excluding carboxylic acids is 1. The molecule has 2 aromatic carbocycles. The molecule has 2 atom stereocenters. The van der Waals surface area contributed by atoms with Crippen LogP contribution in [-0.4, -0.2) is 63.1 Å². The highest BCUT2D eigenvalue weighted by Crippen LogP contribution is 2.37. The fraction of sp³-hybridized carbons (Fsp3) is 0.414. The molecule has 0 aliphatic carbocycles. The Morgan fingerprint density at radius 2 is 1.71 bits per heavy atom. The fourth-order valence-electron chi connectivity index (χ4n) is 5.60. The summed E-state index contributed by atoms with van der Waals surface area (Å²) < 4.78 is 13.3. The van der Waals surface area contributed by atoms with Gasteiger partial charge in [-0.1, -0.05) is 81.4 Å². The van der Waals surface area contributed by atoms with Gasteiger partial charge in [-0.25, -0.2) is 4.98 Å². The molecule has 1 fully saturated rings. The average molecular weight is 532 g/mol. The first-order valence-electron chi connectivity index (χ1n) is 13.2. The standard InChI is InChI=1S/C29H37N5O3Si/c1-20-26-27(34(5)17-25(35)32-26)33-28(30-20)31-21-16-22(36-18-21)19-37-38(29(2,3)4,23-12-8-6-9-13-23)24-14-10-7-11-15-24/h6-15,21-22H,16-19H2,1-5H3,(H,32,35)(H,30,31,33)/t21-,22-/m0/s1. The lowest BCUT2D eigenvalue weighted by molar-refractivity contribution is -0.115. The van der Waals surface area contributed by atoms with Gasteiger partial charge in [0.2, 0.25) is 11.9 Å². The number of aryl methyl sites for hydroxylation is 1. The minimum absolute atomic E-state index is 0.0326. The lowest BCUT2D eigenvalue weighted by Gasteiger charge is -2.43. The van der Waals surface area contributed by atoms with Crippen molar-refractivity contribution in [1.29, 1.82) is 0 Å². The number of hydrogen-bond donors (Lipinski definition) is 2. The highest BCUT2D eigenvalue weighted by Gasteiger charge is 2.50. The molecule has 0 saturated carbocycles. The number of aromatic nitrogens is 2. The van der Waals surface area contributed by atoms with Crippen LogP contribution in [0.4, 0.5) is 17.5 Å². The number of likely N-dealkylation sites (N-methyl/N-ethyl adjacent to an activating group) is 1. The van der Waals surface area contributed by atoms with Crippen molar-refractivity contribution >= 4 is 42.1 Å². The molecule has 0 spiro atoms. The average Bonchev–Trinajstić information content (AvgIpc) is 3.33. The molecule has 0 unspecified atom stereocenters. The second-order valence-corrected chi connectivity index (χ2v) is 15.5. The number of nitrogens with one attached hydrogen (secondary N) is 2.